The van der Waals surface area contributed by atoms with Crippen molar-refractivity contribution in [1.82, 2.24) is 0 Å². The fourth-order valence-electron chi connectivity index (χ4n) is 2.05. The highest BCUT2D eigenvalue weighted by molar-refractivity contribution is 9.10. The summed E-state index contributed by atoms with van der Waals surface area (Å²) in [5.41, 5.74) is -0.103. The predicted molar refractivity (Wildman–Crippen MR) is 84.5 cm³/mol. The molecule has 0 aliphatic rings. The molecule has 0 bridgehead atoms. The number of hydrogen-bond acceptors (Lipinski definition) is 2. The summed E-state index contributed by atoms with van der Waals surface area (Å²) in [5.74, 6) is 0.124. The van der Waals surface area contributed by atoms with Gasteiger partial charge < -0.3 is 10.1 Å². The monoisotopic (exact) mass is 387 g/mol. The van der Waals surface area contributed by atoms with Crippen molar-refractivity contribution in [2.24, 2.45) is 0 Å². The van der Waals surface area contributed by atoms with Crippen LogP contribution in [0.15, 0.2) is 46.9 Å². The van der Waals surface area contributed by atoms with E-state index in [4.69, 9.17) is 4.74 Å². The molecule has 122 valence electrons. The lowest BCUT2D eigenvalue weighted by atomic mass is 10.1. The van der Waals surface area contributed by atoms with Crippen LogP contribution >= 0.6 is 15.9 Å². The Kier molecular flexibility index (Phi) is 5.30. The maximum Gasteiger partial charge on any atom is 0.417 e. The van der Waals surface area contributed by atoms with Crippen molar-refractivity contribution in [3.63, 3.8) is 0 Å². The SMILES string of the molecule is COc1ccccc1CC(=O)Nc1ccc(Br)c(C(F)(F)F)c1. The van der Waals surface area contributed by atoms with Gasteiger partial charge in [-0.3, -0.25) is 4.79 Å². The second kappa shape index (κ2) is 7.04. The maximum atomic E-state index is 12.9. The van der Waals surface area contributed by atoms with E-state index in [1.54, 1.807) is 24.3 Å². The van der Waals surface area contributed by atoms with Crippen LogP contribution < -0.4 is 10.1 Å². The quantitative estimate of drug-likeness (QED) is 0.828. The third-order valence-electron chi connectivity index (χ3n) is 3.10. The topological polar surface area (TPSA) is 38.3 Å². The molecular weight excluding hydrogens is 375 g/mol. The van der Waals surface area contributed by atoms with E-state index in [-0.39, 0.29) is 16.6 Å². The van der Waals surface area contributed by atoms with Gasteiger partial charge >= 0.3 is 6.18 Å². The summed E-state index contributed by atoms with van der Waals surface area (Å²) in [6.07, 6.45) is -4.50. The molecule has 0 aromatic heterocycles. The van der Waals surface area contributed by atoms with Crippen molar-refractivity contribution in [1.29, 1.82) is 0 Å². The second-order valence-corrected chi connectivity index (χ2v) is 5.58. The Morgan fingerprint density at radius 2 is 1.91 bits per heavy atom. The Morgan fingerprint density at radius 1 is 1.22 bits per heavy atom. The van der Waals surface area contributed by atoms with E-state index in [1.165, 1.54) is 19.2 Å². The number of carbonyl (C=O) groups excluding carboxylic acids is 1. The molecular formula is C16H13BrF3NO2. The lowest BCUT2D eigenvalue weighted by molar-refractivity contribution is -0.138. The first-order valence-corrected chi connectivity index (χ1v) is 7.39. The van der Waals surface area contributed by atoms with E-state index in [2.05, 4.69) is 21.2 Å². The van der Waals surface area contributed by atoms with Gasteiger partial charge in [-0.05, 0) is 24.3 Å². The maximum absolute atomic E-state index is 12.9. The summed E-state index contributed by atoms with van der Waals surface area (Å²) in [4.78, 5) is 12.0. The lowest BCUT2D eigenvalue weighted by Crippen LogP contribution is -2.16. The van der Waals surface area contributed by atoms with Gasteiger partial charge in [-0.1, -0.05) is 34.1 Å². The first kappa shape index (κ1) is 17.3. The number of nitrogens with one attached hydrogen (secondary N) is 1. The average Bonchev–Trinajstić information content (AvgIpc) is 2.48. The van der Waals surface area contributed by atoms with Crippen LogP contribution in [0.5, 0.6) is 5.75 Å². The van der Waals surface area contributed by atoms with Crippen molar-refractivity contribution in [2.75, 3.05) is 12.4 Å². The molecule has 0 radical (unpaired) electrons. The minimum atomic E-state index is -4.50. The summed E-state index contributed by atoms with van der Waals surface area (Å²) >= 11 is 2.86. The summed E-state index contributed by atoms with van der Waals surface area (Å²) in [6.45, 7) is 0. The van der Waals surface area contributed by atoms with Crippen LogP contribution in [0, 0.1) is 0 Å². The highest BCUT2D eigenvalue weighted by Crippen LogP contribution is 2.36. The van der Waals surface area contributed by atoms with Gasteiger partial charge in [-0.2, -0.15) is 13.2 Å². The number of benzene rings is 2. The Hall–Kier alpha value is -2.02. The molecule has 0 unspecified atom stereocenters. The molecule has 0 atom stereocenters. The van der Waals surface area contributed by atoms with Gasteiger partial charge in [0.25, 0.3) is 0 Å². The number of carbonyl (C=O) groups is 1. The molecule has 1 N–H and O–H groups in total. The average molecular weight is 388 g/mol. The molecule has 2 aromatic rings. The molecule has 23 heavy (non-hydrogen) atoms. The number of para-hydroxylation sites is 1. The molecule has 0 saturated carbocycles. The van der Waals surface area contributed by atoms with Gasteiger partial charge in [0.05, 0.1) is 19.1 Å². The van der Waals surface area contributed by atoms with Crippen LogP contribution in [0.25, 0.3) is 0 Å². The zero-order chi connectivity index (χ0) is 17.0. The zero-order valence-corrected chi connectivity index (χ0v) is 13.7. The minimum Gasteiger partial charge on any atom is -0.496 e. The number of amides is 1. The van der Waals surface area contributed by atoms with Gasteiger partial charge in [-0.15, -0.1) is 0 Å². The molecule has 0 fully saturated rings. The summed E-state index contributed by atoms with van der Waals surface area (Å²) in [7, 11) is 1.49. The molecule has 0 heterocycles. The number of methoxy groups -OCH3 is 1. The minimum absolute atomic E-state index is 0.00142. The van der Waals surface area contributed by atoms with Gasteiger partial charge in [0.15, 0.2) is 0 Å². The number of anilines is 1. The van der Waals surface area contributed by atoms with Crippen LogP contribution in [0.2, 0.25) is 0 Å². The molecule has 1 amide bonds. The third-order valence-corrected chi connectivity index (χ3v) is 3.79. The molecule has 7 heteroatoms. The van der Waals surface area contributed by atoms with Crippen molar-refractivity contribution in [2.45, 2.75) is 12.6 Å². The summed E-state index contributed by atoms with van der Waals surface area (Å²) in [5, 5.41) is 2.47. The standard InChI is InChI=1S/C16H13BrF3NO2/c1-23-14-5-3-2-4-10(14)8-15(22)21-11-6-7-13(17)12(9-11)16(18,19)20/h2-7,9H,8H2,1H3,(H,21,22). The lowest BCUT2D eigenvalue weighted by Gasteiger charge is -2.12. The van der Waals surface area contributed by atoms with E-state index in [9.17, 15) is 18.0 Å². The second-order valence-electron chi connectivity index (χ2n) is 4.73. The van der Waals surface area contributed by atoms with Crippen molar-refractivity contribution in [3.8, 4) is 5.75 Å². The fourth-order valence-corrected chi connectivity index (χ4v) is 2.52. The number of ether oxygens (including phenoxy) is 1. The zero-order valence-electron chi connectivity index (χ0n) is 12.1. The van der Waals surface area contributed by atoms with Gasteiger partial charge in [-0.25, -0.2) is 0 Å². The Balaban J connectivity index is 2.15. The number of hydrogen-bond donors (Lipinski definition) is 1. The fraction of sp³-hybridized carbons (Fsp3) is 0.188. The first-order valence-electron chi connectivity index (χ1n) is 6.59. The van der Waals surface area contributed by atoms with Crippen molar-refractivity contribution < 1.29 is 22.7 Å². The van der Waals surface area contributed by atoms with E-state index in [0.29, 0.717) is 11.3 Å². The molecule has 3 nitrogen and oxygen atoms in total. The Bertz CT molecular complexity index is 717. The molecule has 2 aromatic carbocycles. The van der Waals surface area contributed by atoms with E-state index in [1.807, 2.05) is 0 Å². The van der Waals surface area contributed by atoms with Crippen LogP contribution in [-0.2, 0) is 17.4 Å². The molecule has 0 spiro atoms. The third kappa shape index (κ3) is 4.48. The van der Waals surface area contributed by atoms with E-state index in [0.717, 1.165) is 6.07 Å². The predicted octanol–water partition coefficient (Wildman–Crippen LogP) is 4.66. The van der Waals surface area contributed by atoms with Gasteiger partial charge in [0.2, 0.25) is 5.91 Å². The van der Waals surface area contributed by atoms with E-state index < -0.39 is 17.6 Å². The highest BCUT2D eigenvalue weighted by atomic mass is 79.9. The van der Waals surface area contributed by atoms with Gasteiger partial charge in [0.1, 0.15) is 5.75 Å². The number of rotatable bonds is 4. The first-order chi connectivity index (χ1) is 10.8. The molecule has 2 rings (SSSR count). The van der Waals surface area contributed by atoms with Gasteiger partial charge in [0, 0.05) is 15.7 Å². The van der Waals surface area contributed by atoms with Crippen molar-refractivity contribution >= 4 is 27.5 Å². The van der Waals surface area contributed by atoms with E-state index >= 15 is 0 Å². The van der Waals surface area contributed by atoms with Crippen LogP contribution in [0.4, 0.5) is 18.9 Å². The molecule has 0 aliphatic carbocycles. The Morgan fingerprint density at radius 3 is 2.57 bits per heavy atom. The van der Waals surface area contributed by atoms with Crippen LogP contribution in [0.1, 0.15) is 11.1 Å². The molecule has 0 aliphatic heterocycles. The normalized spacial score (nSPS) is 11.2. The summed E-state index contributed by atoms with van der Waals surface area (Å²) in [6, 6.07) is 10.5. The largest absolute Gasteiger partial charge is 0.496 e. The Labute approximate surface area is 139 Å². The summed E-state index contributed by atoms with van der Waals surface area (Å²) < 4.78 is 43.6. The van der Waals surface area contributed by atoms with Crippen LogP contribution in [0.3, 0.4) is 0 Å². The highest BCUT2D eigenvalue weighted by Gasteiger charge is 2.33. The number of halogens is 4. The van der Waals surface area contributed by atoms with Crippen molar-refractivity contribution in [3.05, 3.63) is 58.1 Å². The van der Waals surface area contributed by atoms with Crippen LogP contribution in [-0.4, -0.2) is 13.0 Å². The molecule has 0 saturated heterocycles. The number of alkyl halides is 3. The smallest absolute Gasteiger partial charge is 0.417 e.